The summed E-state index contributed by atoms with van der Waals surface area (Å²) in [6, 6.07) is 0. The first-order valence-electron chi connectivity index (χ1n) is 2.64. The smallest absolute Gasteiger partial charge is 0.154 e. The van der Waals surface area contributed by atoms with Crippen molar-refractivity contribution in [3.63, 3.8) is 0 Å². The van der Waals surface area contributed by atoms with Crippen LogP contribution in [-0.2, 0) is 14.4 Å². The summed E-state index contributed by atoms with van der Waals surface area (Å²) >= 11 is 0. The molecule has 0 bridgehead atoms. The highest BCUT2D eigenvalue weighted by molar-refractivity contribution is 5.72. The molecule has 0 aliphatic heterocycles. The Kier molecular flexibility index (Phi) is 107. The van der Waals surface area contributed by atoms with Crippen molar-refractivity contribution in [3.8, 4) is 0 Å². The number of rotatable bonds is 0. The van der Waals surface area contributed by atoms with Crippen LogP contribution >= 0.6 is 0 Å². The molecule has 0 unspecified atom stereocenters. The maximum atomic E-state index is 9.44. The summed E-state index contributed by atoms with van der Waals surface area (Å²) in [7, 11) is 0. The van der Waals surface area contributed by atoms with Crippen LogP contribution < -0.4 is 5.26 Å². The van der Waals surface area contributed by atoms with Gasteiger partial charge in [-0.05, 0) is 20.8 Å². The van der Waals surface area contributed by atoms with E-state index in [1.54, 1.807) is 4.75 Å². The van der Waals surface area contributed by atoms with E-state index in [-0.39, 0.29) is 5.78 Å². The van der Waals surface area contributed by atoms with Gasteiger partial charge in [0.15, 0.2) is 4.75 Å². The van der Waals surface area contributed by atoms with E-state index in [9.17, 15) is 4.79 Å². The molecule has 0 spiro atoms. The zero-order valence-electron chi connectivity index (χ0n) is 7.23. The predicted octanol–water partition coefficient (Wildman–Crippen LogP) is -0.506. The number of hydrogen-bond acceptors (Lipinski definition) is 5. The third-order valence-corrected chi connectivity index (χ3v) is 0. The van der Waals surface area contributed by atoms with Crippen molar-refractivity contribution in [3.05, 3.63) is 9.71 Å². The predicted molar refractivity (Wildman–Crippen MR) is 41.9 cm³/mol. The minimum absolute atomic E-state index is 0.167. The van der Waals surface area contributed by atoms with E-state index < -0.39 is 0 Å². The molecule has 0 N–H and O–H groups in total. The third kappa shape index (κ3) is 183. The minimum atomic E-state index is 0.167. The second-order valence-corrected chi connectivity index (χ2v) is 1.21. The van der Waals surface area contributed by atoms with Gasteiger partial charge in [-0.3, -0.25) is 0 Å². The van der Waals surface area contributed by atoms with E-state index in [0.717, 1.165) is 6.29 Å². The normalized spacial score (nSPS) is 4.58. The summed E-state index contributed by atoms with van der Waals surface area (Å²) in [5.74, 6) is 0.167. The Morgan fingerprint density at radius 2 is 1.42 bits per heavy atom. The summed E-state index contributed by atoms with van der Waals surface area (Å²) in [5, 5.41) is 7.88. The van der Waals surface area contributed by atoms with E-state index in [2.05, 4.69) is 0 Å². The molecule has 12 heavy (non-hydrogen) atoms. The van der Waals surface area contributed by atoms with Gasteiger partial charge in [-0.25, -0.2) is 0 Å². The number of aldehydes is 1. The monoisotopic (exact) mass is 180 g/mol. The van der Waals surface area contributed by atoms with Gasteiger partial charge in [0.2, 0.25) is 0 Å². The van der Waals surface area contributed by atoms with Crippen LogP contribution in [-0.4, -0.2) is 18.9 Å². The van der Waals surface area contributed by atoms with E-state index in [1.165, 1.54) is 20.8 Å². The lowest BCUT2D eigenvalue weighted by Crippen LogP contribution is -1.82. The number of carbonyl (C=O) groups excluding carboxylic acids is 3. The first-order chi connectivity index (χ1) is 5.56. The second kappa shape index (κ2) is 57.2. The van der Waals surface area contributed by atoms with Crippen LogP contribution in [0.5, 0.6) is 0 Å². The topological polar surface area (TPSA) is 103 Å². The molecule has 0 saturated carbocycles. The van der Waals surface area contributed by atoms with Gasteiger partial charge in [0.25, 0.3) is 0 Å². The quantitative estimate of drug-likeness (QED) is 0.216. The Balaban J connectivity index is -0.0000000368. The Labute approximate surface area is 70.0 Å². The lowest BCUT2D eigenvalue weighted by atomic mass is 10.6. The summed E-state index contributed by atoms with van der Waals surface area (Å²) in [4.78, 5) is 34.1. The van der Waals surface area contributed by atoms with Gasteiger partial charge in [-0.2, -0.15) is 0 Å². The summed E-state index contributed by atoms with van der Waals surface area (Å²) in [6.07, 6.45) is 0.750. The molecule has 72 valence electrons. The van der Waals surface area contributed by atoms with Gasteiger partial charge in [0.1, 0.15) is 18.9 Å². The van der Waals surface area contributed by atoms with Crippen LogP contribution in [0.4, 0.5) is 0 Å². The molecular formula is C6H12O6. The van der Waals surface area contributed by atoms with E-state index >= 15 is 0 Å². The minimum Gasteiger partial charge on any atom is -0.307 e. The molecular weight excluding hydrogens is 168 g/mol. The standard InChI is InChI=1S/C3H6O.C2H4O.CH2O.O3/c1-3(2)4;1-2-3;1-2;1-3-2/h1-2H3;2H,1H3;1H2;. The second-order valence-electron chi connectivity index (χ2n) is 1.21. The van der Waals surface area contributed by atoms with E-state index in [0.29, 0.717) is 0 Å². The van der Waals surface area contributed by atoms with Crippen molar-refractivity contribution in [1.29, 1.82) is 0 Å². The van der Waals surface area contributed by atoms with Gasteiger partial charge in [-0.1, -0.05) is 10.2 Å². The lowest BCUT2D eigenvalue weighted by molar-refractivity contribution is -0.284. The Morgan fingerprint density at radius 3 is 1.42 bits per heavy atom. The maximum Gasteiger partial charge on any atom is 0.154 e. The molecule has 0 heterocycles. The fourth-order valence-corrected chi connectivity index (χ4v) is 0. The van der Waals surface area contributed by atoms with Crippen LogP contribution in [0.2, 0.25) is 0 Å². The zero-order valence-corrected chi connectivity index (χ0v) is 7.23. The first kappa shape index (κ1) is 22.4. The van der Waals surface area contributed by atoms with Crippen LogP contribution in [0.1, 0.15) is 20.8 Å². The molecule has 0 aliphatic carbocycles. The van der Waals surface area contributed by atoms with Crippen LogP contribution in [0.15, 0.2) is 0 Å². The molecule has 0 amide bonds. The summed E-state index contributed by atoms with van der Waals surface area (Å²) in [5.41, 5.74) is 0. The Morgan fingerprint density at radius 1 is 1.42 bits per heavy atom. The van der Waals surface area contributed by atoms with Crippen LogP contribution in [0.3, 0.4) is 0 Å². The third-order valence-electron chi connectivity index (χ3n) is 0. The lowest BCUT2D eigenvalue weighted by Gasteiger charge is -1.56. The Bertz CT molecular complexity index is 90.2. The summed E-state index contributed by atoms with van der Waals surface area (Å²) in [6.45, 7) is 6.50. The average Bonchev–Trinajstić information content (AvgIpc) is 1.92. The molecule has 0 aromatic heterocycles. The zero-order chi connectivity index (χ0) is 11.0. The molecule has 0 aliphatic rings. The molecule has 0 fully saturated rings. The maximum absolute atomic E-state index is 9.44. The highest BCUT2D eigenvalue weighted by Gasteiger charge is 1.62. The molecule has 0 radical (unpaired) electrons. The molecule has 0 aromatic carbocycles. The molecule has 0 atom stereocenters. The number of ketones is 1. The highest BCUT2D eigenvalue weighted by Crippen LogP contribution is 1.50. The fourth-order valence-electron chi connectivity index (χ4n) is 0. The van der Waals surface area contributed by atoms with Crippen molar-refractivity contribution >= 4 is 18.9 Å². The average molecular weight is 180 g/mol. The molecule has 6 nitrogen and oxygen atoms in total. The van der Waals surface area contributed by atoms with Crippen molar-refractivity contribution in [1.82, 2.24) is 0 Å². The molecule has 0 aromatic rings. The van der Waals surface area contributed by atoms with Gasteiger partial charge in [-0.15, -0.1) is 0 Å². The van der Waals surface area contributed by atoms with E-state index in [4.69, 9.17) is 19.8 Å². The van der Waals surface area contributed by atoms with Crippen LogP contribution in [0.25, 0.3) is 0 Å². The SMILES string of the molecule is C=O.CC(C)=O.CC=O.O=[O+][O-]. The molecule has 0 rings (SSSR count). The van der Waals surface area contributed by atoms with Gasteiger partial charge in [0, 0.05) is 0 Å². The number of hydrogen-bond donors (Lipinski definition) is 0. The van der Waals surface area contributed by atoms with Crippen LogP contribution in [0, 0.1) is 9.71 Å². The van der Waals surface area contributed by atoms with Crippen molar-refractivity contribution in [2.75, 3.05) is 0 Å². The van der Waals surface area contributed by atoms with Crippen molar-refractivity contribution < 1.29 is 19.6 Å². The van der Waals surface area contributed by atoms with Crippen molar-refractivity contribution in [2.45, 2.75) is 20.8 Å². The molecule has 6 heteroatoms. The summed E-state index contributed by atoms with van der Waals surface area (Å²) < 4.78 is 1.75. The van der Waals surface area contributed by atoms with Gasteiger partial charge < -0.3 is 14.4 Å². The van der Waals surface area contributed by atoms with Crippen molar-refractivity contribution in [2.24, 2.45) is 0 Å². The first-order valence-corrected chi connectivity index (χ1v) is 2.64. The number of Topliss-reactive ketones (excluding diaryl/α,β-unsaturated/α-hetero) is 1. The largest absolute Gasteiger partial charge is 0.307 e. The Hall–Kier alpha value is -1.59. The number of carbonyl (C=O) groups is 3. The van der Waals surface area contributed by atoms with Gasteiger partial charge in [0.05, 0.1) is 0 Å². The van der Waals surface area contributed by atoms with E-state index in [1.807, 2.05) is 6.79 Å². The van der Waals surface area contributed by atoms with Gasteiger partial charge >= 0.3 is 0 Å². The fraction of sp³-hybridized carbons (Fsp3) is 0.500. The molecule has 0 saturated heterocycles. The highest BCUT2D eigenvalue weighted by atomic mass is 17.2.